The topological polar surface area (TPSA) is 61.4 Å². The summed E-state index contributed by atoms with van der Waals surface area (Å²) >= 11 is 0. The Kier molecular flexibility index (Phi) is 4.44. The van der Waals surface area contributed by atoms with Crippen molar-refractivity contribution < 1.29 is 9.59 Å². The number of nitrogens with zero attached hydrogens (tertiary/aromatic N) is 1. The van der Waals surface area contributed by atoms with E-state index in [0.717, 1.165) is 45.3 Å². The summed E-state index contributed by atoms with van der Waals surface area (Å²) in [6.07, 6.45) is 5.47. The fourth-order valence-electron chi connectivity index (χ4n) is 2.45. The SMILES string of the molecule is CC(=O)NCC1CCN(C(=O)NC2CCC2)CC1. The zero-order chi connectivity index (χ0) is 13.0. The van der Waals surface area contributed by atoms with Gasteiger partial charge in [0.1, 0.15) is 0 Å². The summed E-state index contributed by atoms with van der Waals surface area (Å²) < 4.78 is 0. The van der Waals surface area contributed by atoms with Crippen molar-refractivity contribution in [2.24, 2.45) is 5.92 Å². The number of likely N-dealkylation sites (tertiary alicyclic amines) is 1. The van der Waals surface area contributed by atoms with Gasteiger partial charge < -0.3 is 15.5 Å². The second-order valence-corrected chi connectivity index (χ2v) is 5.44. The van der Waals surface area contributed by atoms with Crippen molar-refractivity contribution in [3.63, 3.8) is 0 Å². The maximum atomic E-state index is 11.9. The van der Waals surface area contributed by atoms with Crippen molar-refractivity contribution in [2.45, 2.75) is 45.1 Å². The highest BCUT2D eigenvalue weighted by Gasteiger charge is 2.26. The highest BCUT2D eigenvalue weighted by Crippen LogP contribution is 2.20. The third-order valence-electron chi connectivity index (χ3n) is 3.97. The molecule has 0 aromatic heterocycles. The molecule has 2 rings (SSSR count). The van der Waals surface area contributed by atoms with Crippen molar-refractivity contribution >= 4 is 11.9 Å². The molecule has 1 heterocycles. The van der Waals surface area contributed by atoms with Crippen LogP contribution in [0.2, 0.25) is 0 Å². The number of nitrogens with one attached hydrogen (secondary N) is 2. The van der Waals surface area contributed by atoms with E-state index in [1.807, 2.05) is 4.90 Å². The summed E-state index contributed by atoms with van der Waals surface area (Å²) in [6, 6.07) is 0.507. The van der Waals surface area contributed by atoms with Crippen molar-refractivity contribution in [1.82, 2.24) is 15.5 Å². The minimum atomic E-state index is 0.0279. The summed E-state index contributed by atoms with van der Waals surface area (Å²) in [4.78, 5) is 24.7. The number of hydrogen-bond donors (Lipinski definition) is 2. The van der Waals surface area contributed by atoms with Gasteiger partial charge in [0.15, 0.2) is 0 Å². The van der Waals surface area contributed by atoms with Gasteiger partial charge in [0.25, 0.3) is 0 Å². The van der Waals surface area contributed by atoms with Crippen LogP contribution in [0.5, 0.6) is 0 Å². The van der Waals surface area contributed by atoms with Crippen LogP contribution in [0.15, 0.2) is 0 Å². The zero-order valence-electron chi connectivity index (χ0n) is 11.1. The van der Waals surface area contributed by atoms with Crippen LogP contribution in [-0.4, -0.2) is 42.5 Å². The van der Waals surface area contributed by atoms with Gasteiger partial charge >= 0.3 is 6.03 Å². The van der Waals surface area contributed by atoms with E-state index in [1.54, 1.807) is 6.92 Å². The first kappa shape index (κ1) is 13.2. The first-order valence-corrected chi connectivity index (χ1v) is 6.95. The molecular formula is C13H23N3O2. The average Bonchev–Trinajstić information content (AvgIpc) is 2.31. The number of carbonyl (C=O) groups excluding carboxylic acids is 2. The molecule has 102 valence electrons. The molecule has 2 N–H and O–H groups in total. The highest BCUT2D eigenvalue weighted by molar-refractivity contribution is 5.74. The molecule has 1 saturated carbocycles. The molecule has 0 bridgehead atoms. The fourth-order valence-corrected chi connectivity index (χ4v) is 2.45. The predicted molar refractivity (Wildman–Crippen MR) is 69.2 cm³/mol. The van der Waals surface area contributed by atoms with Crippen LogP contribution >= 0.6 is 0 Å². The summed E-state index contributed by atoms with van der Waals surface area (Å²) in [7, 11) is 0. The van der Waals surface area contributed by atoms with E-state index in [9.17, 15) is 9.59 Å². The largest absolute Gasteiger partial charge is 0.356 e. The minimum Gasteiger partial charge on any atom is -0.356 e. The van der Waals surface area contributed by atoms with E-state index in [4.69, 9.17) is 0 Å². The summed E-state index contributed by atoms with van der Waals surface area (Å²) in [6.45, 7) is 3.90. The molecule has 0 radical (unpaired) electrons. The Morgan fingerprint density at radius 1 is 1.17 bits per heavy atom. The van der Waals surface area contributed by atoms with Crippen LogP contribution in [0.3, 0.4) is 0 Å². The lowest BCUT2D eigenvalue weighted by Gasteiger charge is -2.35. The third kappa shape index (κ3) is 3.62. The van der Waals surface area contributed by atoms with Gasteiger partial charge in [0, 0.05) is 32.6 Å². The van der Waals surface area contributed by atoms with Crippen molar-refractivity contribution in [2.75, 3.05) is 19.6 Å². The average molecular weight is 253 g/mol. The van der Waals surface area contributed by atoms with Gasteiger partial charge in [0.05, 0.1) is 0 Å². The molecule has 1 saturated heterocycles. The van der Waals surface area contributed by atoms with Gasteiger partial charge in [-0.05, 0) is 38.0 Å². The van der Waals surface area contributed by atoms with Gasteiger partial charge in [-0.3, -0.25) is 4.79 Å². The molecule has 2 aliphatic rings. The summed E-state index contributed by atoms with van der Waals surface area (Å²) in [5.41, 5.74) is 0. The third-order valence-corrected chi connectivity index (χ3v) is 3.97. The number of urea groups is 1. The van der Waals surface area contributed by atoms with E-state index >= 15 is 0 Å². The lowest BCUT2D eigenvalue weighted by atomic mass is 9.93. The van der Waals surface area contributed by atoms with Gasteiger partial charge in [0.2, 0.25) is 5.91 Å². The molecule has 2 fully saturated rings. The molecule has 0 unspecified atom stereocenters. The predicted octanol–water partition coefficient (Wildman–Crippen LogP) is 1.10. The molecule has 0 aromatic carbocycles. The molecule has 0 aromatic rings. The van der Waals surface area contributed by atoms with E-state index in [-0.39, 0.29) is 11.9 Å². The van der Waals surface area contributed by atoms with Gasteiger partial charge in [-0.25, -0.2) is 4.79 Å². The second kappa shape index (κ2) is 6.07. The summed E-state index contributed by atoms with van der Waals surface area (Å²) in [5.74, 6) is 0.543. The lowest BCUT2D eigenvalue weighted by Crippen LogP contribution is -2.50. The number of carbonyl (C=O) groups is 2. The van der Waals surface area contributed by atoms with E-state index in [2.05, 4.69) is 10.6 Å². The maximum absolute atomic E-state index is 11.9. The first-order valence-electron chi connectivity index (χ1n) is 6.95. The quantitative estimate of drug-likeness (QED) is 0.791. The van der Waals surface area contributed by atoms with E-state index in [1.165, 1.54) is 6.42 Å². The molecule has 5 heteroatoms. The Hall–Kier alpha value is -1.26. The molecule has 5 nitrogen and oxygen atoms in total. The number of amides is 3. The molecule has 18 heavy (non-hydrogen) atoms. The van der Waals surface area contributed by atoms with Crippen LogP contribution in [0.1, 0.15) is 39.0 Å². The Labute approximate surface area is 108 Å². The van der Waals surface area contributed by atoms with Crippen LogP contribution in [0.4, 0.5) is 4.79 Å². The Morgan fingerprint density at radius 3 is 2.33 bits per heavy atom. The molecule has 0 spiro atoms. The standard InChI is InChI=1S/C13H23N3O2/c1-10(17)14-9-11-5-7-16(8-6-11)13(18)15-12-3-2-4-12/h11-12H,2-9H2,1H3,(H,14,17)(H,15,18). The van der Waals surface area contributed by atoms with Gasteiger partial charge in [-0.1, -0.05) is 0 Å². The first-order chi connectivity index (χ1) is 8.65. The van der Waals surface area contributed by atoms with E-state index in [0.29, 0.717) is 12.0 Å². The minimum absolute atomic E-state index is 0.0279. The van der Waals surface area contributed by atoms with Crippen LogP contribution < -0.4 is 10.6 Å². The van der Waals surface area contributed by atoms with Gasteiger partial charge in [-0.2, -0.15) is 0 Å². The Morgan fingerprint density at radius 2 is 1.83 bits per heavy atom. The van der Waals surface area contributed by atoms with Crippen molar-refractivity contribution in [1.29, 1.82) is 0 Å². The monoisotopic (exact) mass is 253 g/mol. The lowest BCUT2D eigenvalue weighted by molar-refractivity contribution is -0.119. The van der Waals surface area contributed by atoms with Crippen LogP contribution in [0.25, 0.3) is 0 Å². The molecule has 0 atom stereocenters. The normalized spacial score (nSPS) is 21.3. The smallest absolute Gasteiger partial charge is 0.317 e. The molecule has 1 aliphatic carbocycles. The molecule has 1 aliphatic heterocycles. The van der Waals surface area contributed by atoms with E-state index < -0.39 is 0 Å². The fraction of sp³-hybridized carbons (Fsp3) is 0.846. The number of rotatable bonds is 3. The highest BCUT2D eigenvalue weighted by atomic mass is 16.2. The molecular weight excluding hydrogens is 230 g/mol. The van der Waals surface area contributed by atoms with Crippen molar-refractivity contribution in [3.05, 3.63) is 0 Å². The van der Waals surface area contributed by atoms with Gasteiger partial charge in [-0.15, -0.1) is 0 Å². The number of piperidine rings is 1. The molecule has 3 amide bonds. The van der Waals surface area contributed by atoms with Crippen LogP contribution in [0, 0.1) is 5.92 Å². The second-order valence-electron chi connectivity index (χ2n) is 5.44. The summed E-state index contributed by atoms with van der Waals surface area (Å²) in [5, 5.41) is 5.92. The zero-order valence-corrected chi connectivity index (χ0v) is 11.1. The maximum Gasteiger partial charge on any atom is 0.317 e. The van der Waals surface area contributed by atoms with Crippen LogP contribution in [-0.2, 0) is 4.79 Å². The Bertz CT molecular complexity index is 307. The Balaban J connectivity index is 1.65. The van der Waals surface area contributed by atoms with Crippen molar-refractivity contribution in [3.8, 4) is 0 Å². The number of hydrogen-bond acceptors (Lipinski definition) is 2.